The van der Waals surface area contributed by atoms with Crippen LogP contribution in [-0.2, 0) is 4.79 Å². The zero-order valence-electron chi connectivity index (χ0n) is 12.0. The molecule has 3 heteroatoms. The van der Waals surface area contributed by atoms with Crippen molar-refractivity contribution in [3.8, 4) is 0 Å². The van der Waals surface area contributed by atoms with Gasteiger partial charge in [-0.3, -0.25) is 4.79 Å². The lowest BCUT2D eigenvalue weighted by Crippen LogP contribution is -2.38. The van der Waals surface area contributed by atoms with Gasteiger partial charge in [-0.1, -0.05) is 34.6 Å². The van der Waals surface area contributed by atoms with E-state index in [1.54, 1.807) is 0 Å². The molecule has 0 aromatic rings. The minimum absolute atomic E-state index is 0.0446. The van der Waals surface area contributed by atoms with Gasteiger partial charge in [0.05, 0.1) is 5.92 Å². The Kier molecular flexibility index (Phi) is 4.23. The van der Waals surface area contributed by atoms with E-state index in [9.17, 15) is 4.79 Å². The fourth-order valence-electron chi connectivity index (χ4n) is 2.31. The maximum absolute atomic E-state index is 12.0. The molecular weight excluding hydrogens is 212 g/mol. The number of nitrogens with two attached hydrogens (primary N) is 1. The minimum atomic E-state index is -0.0446. The van der Waals surface area contributed by atoms with Gasteiger partial charge in [0, 0.05) is 13.1 Å². The summed E-state index contributed by atoms with van der Waals surface area (Å²) in [7, 11) is 0. The van der Waals surface area contributed by atoms with Crippen LogP contribution < -0.4 is 11.1 Å². The van der Waals surface area contributed by atoms with Crippen LogP contribution in [0.1, 0.15) is 47.5 Å². The number of amides is 1. The average molecular weight is 240 g/mol. The van der Waals surface area contributed by atoms with Gasteiger partial charge >= 0.3 is 0 Å². The molecular formula is C14H28N2O. The molecule has 1 fully saturated rings. The molecule has 0 aliphatic heterocycles. The topological polar surface area (TPSA) is 55.1 Å². The van der Waals surface area contributed by atoms with Crippen LogP contribution >= 0.6 is 0 Å². The molecule has 0 radical (unpaired) electrons. The Morgan fingerprint density at radius 1 is 1.47 bits per heavy atom. The quantitative estimate of drug-likeness (QED) is 0.773. The lowest BCUT2D eigenvalue weighted by molar-refractivity contribution is -0.125. The van der Waals surface area contributed by atoms with Crippen molar-refractivity contribution in [1.29, 1.82) is 0 Å². The molecule has 1 rings (SSSR count). The smallest absolute Gasteiger partial charge is 0.224 e. The summed E-state index contributed by atoms with van der Waals surface area (Å²) in [6, 6.07) is 0. The van der Waals surface area contributed by atoms with Crippen molar-refractivity contribution in [2.75, 3.05) is 13.1 Å². The zero-order chi connectivity index (χ0) is 13.3. The van der Waals surface area contributed by atoms with Crippen molar-refractivity contribution in [1.82, 2.24) is 5.32 Å². The number of carbonyl (C=O) groups is 1. The molecule has 0 saturated heterocycles. The van der Waals surface area contributed by atoms with Crippen LogP contribution in [0.15, 0.2) is 0 Å². The number of carbonyl (C=O) groups excluding carboxylic acids is 1. The third-order valence-corrected chi connectivity index (χ3v) is 3.75. The molecule has 2 atom stereocenters. The first-order valence-corrected chi connectivity index (χ1v) is 6.63. The van der Waals surface area contributed by atoms with Crippen molar-refractivity contribution in [2.45, 2.75) is 47.5 Å². The molecule has 0 spiro atoms. The number of nitrogens with one attached hydrogen (secondary N) is 1. The van der Waals surface area contributed by atoms with E-state index in [1.807, 2.05) is 0 Å². The van der Waals surface area contributed by atoms with Crippen LogP contribution in [-0.4, -0.2) is 19.0 Å². The molecule has 3 nitrogen and oxygen atoms in total. The van der Waals surface area contributed by atoms with Crippen molar-refractivity contribution in [3.05, 3.63) is 0 Å². The zero-order valence-corrected chi connectivity index (χ0v) is 12.0. The second kappa shape index (κ2) is 4.97. The molecule has 0 bridgehead atoms. The SMILES string of the molecule is CC(C)(C)CC(CN)C(=O)NCC1CC1(C)C. The monoisotopic (exact) mass is 240 g/mol. The van der Waals surface area contributed by atoms with Gasteiger partial charge in [0.2, 0.25) is 5.91 Å². The molecule has 0 heterocycles. The highest BCUT2D eigenvalue weighted by molar-refractivity contribution is 5.78. The molecule has 1 aliphatic carbocycles. The molecule has 0 aromatic carbocycles. The number of hydrogen-bond acceptors (Lipinski definition) is 2. The molecule has 100 valence electrons. The normalized spacial score (nSPS) is 24.2. The van der Waals surface area contributed by atoms with Crippen molar-refractivity contribution < 1.29 is 4.79 Å². The minimum Gasteiger partial charge on any atom is -0.356 e. The largest absolute Gasteiger partial charge is 0.356 e. The summed E-state index contributed by atoms with van der Waals surface area (Å²) in [6.45, 7) is 12.2. The van der Waals surface area contributed by atoms with Crippen LogP contribution in [0.4, 0.5) is 0 Å². The molecule has 2 unspecified atom stereocenters. The van der Waals surface area contributed by atoms with Crippen LogP contribution in [0.2, 0.25) is 0 Å². The predicted molar refractivity (Wildman–Crippen MR) is 71.5 cm³/mol. The number of hydrogen-bond donors (Lipinski definition) is 2. The van der Waals surface area contributed by atoms with E-state index < -0.39 is 0 Å². The lowest BCUT2D eigenvalue weighted by Gasteiger charge is -2.24. The van der Waals surface area contributed by atoms with Crippen molar-refractivity contribution in [2.24, 2.45) is 28.4 Å². The van der Waals surface area contributed by atoms with E-state index in [2.05, 4.69) is 39.9 Å². The molecule has 3 N–H and O–H groups in total. The Morgan fingerprint density at radius 3 is 2.35 bits per heavy atom. The maximum Gasteiger partial charge on any atom is 0.224 e. The average Bonchev–Trinajstić information content (AvgIpc) is 2.78. The fourth-order valence-corrected chi connectivity index (χ4v) is 2.31. The summed E-state index contributed by atoms with van der Waals surface area (Å²) in [4.78, 5) is 12.0. The Morgan fingerprint density at radius 2 is 2.00 bits per heavy atom. The summed E-state index contributed by atoms with van der Waals surface area (Å²) >= 11 is 0. The van der Waals surface area contributed by atoms with Gasteiger partial charge in [-0.25, -0.2) is 0 Å². The molecule has 1 aliphatic rings. The molecule has 0 aromatic heterocycles. The van der Waals surface area contributed by atoms with E-state index in [1.165, 1.54) is 6.42 Å². The van der Waals surface area contributed by atoms with E-state index >= 15 is 0 Å². The highest BCUT2D eigenvalue weighted by Crippen LogP contribution is 2.51. The Hall–Kier alpha value is -0.570. The molecule has 1 saturated carbocycles. The third-order valence-electron chi connectivity index (χ3n) is 3.75. The first-order valence-electron chi connectivity index (χ1n) is 6.63. The van der Waals surface area contributed by atoms with Crippen LogP contribution in [0, 0.1) is 22.7 Å². The maximum atomic E-state index is 12.0. The van der Waals surface area contributed by atoms with Gasteiger partial charge in [-0.2, -0.15) is 0 Å². The van der Waals surface area contributed by atoms with Gasteiger partial charge in [-0.15, -0.1) is 0 Å². The highest BCUT2D eigenvalue weighted by Gasteiger charge is 2.45. The second-order valence-electron chi connectivity index (χ2n) is 7.33. The lowest BCUT2D eigenvalue weighted by atomic mass is 9.84. The standard InChI is InChI=1S/C14H28N2O/c1-13(2,3)6-10(8-15)12(17)16-9-11-7-14(11,4)5/h10-11H,6-9,15H2,1-5H3,(H,16,17). The number of rotatable bonds is 5. The fraction of sp³-hybridized carbons (Fsp3) is 0.929. The van der Waals surface area contributed by atoms with E-state index in [0.717, 1.165) is 13.0 Å². The highest BCUT2D eigenvalue weighted by atomic mass is 16.1. The summed E-state index contributed by atoms with van der Waals surface area (Å²) in [5.41, 5.74) is 6.27. The van der Waals surface area contributed by atoms with Gasteiger partial charge in [0.25, 0.3) is 0 Å². The van der Waals surface area contributed by atoms with Crippen molar-refractivity contribution >= 4 is 5.91 Å². The Bertz CT molecular complexity index is 278. The van der Waals surface area contributed by atoms with Gasteiger partial charge < -0.3 is 11.1 Å². The van der Waals surface area contributed by atoms with Gasteiger partial charge in [0.15, 0.2) is 0 Å². The summed E-state index contributed by atoms with van der Waals surface area (Å²) in [5, 5.41) is 3.05. The third kappa shape index (κ3) is 4.66. The van der Waals surface area contributed by atoms with Crippen molar-refractivity contribution in [3.63, 3.8) is 0 Å². The first-order chi connectivity index (χ1) is 7.65. The van der Waals surface area contributed by atoms with Crippen LogP contribution in [0.25, 0.3) is 0 Å². The summed E-state index contributed by atoms with van der Waals surface area (Å²) < 4.78 is 0. The Labute approximate surface area is 106 Å². The van der Waals surface area contributed by atoms with Gasteiger partial charge in [0.1, 0.15) is 0 Å². The predicted octanol–water partition coefficient (Wildman–Crippen LogP) is 2.16. The van der Waals surface area contributed by atoms with E-state index in [4.69, 9.17) is 5.73 Å². The van der Waals surface area contributed by atoms with Crippen LogP contribution in [0.5, 0.6) is 0 Å². The molecule has 17 heavy (non-hydrogen) atoms. The first kappa shape index (κ1) is 14.5. The van der Waals surface area contributed by atoms with E-state index in [0.29, 0.717) is 17.9 Å². The van der Waals surface area contributed by atoms with Crippen LogP contribution in [0.3, 0.4) is 0 Å². The van der Waals surface area contributed by atoms with Gasteiger partial charge in [-0.05, 0) is 29.6 Å². The summed E-state index contributed by atoms with van der Waals surface area (Å²) in [5.74, 6) is 0.737. The van der Waals surface area contributed by atoms with E-state index in [-0.39, 0.29) is 17.2 Å². The molecule has 1 amide bonds. The second-order valence-corrected chi connectivity index (χ2v) is 7.33. The summed E-state index contributed by atoms with van der Waals surface area (Å²) in [6.07, 6.45) is 2.07. The Balaban J connectivity index is 2.34.